The number of para-hydroxylation sites is 1. The van der Waals surface area contributed by atoms with E-state index in [-0.39, 0.29) is 13.2 Å². The number of aromatic amines is 1. The Morgan fingerprint density at radius 1 is 1.05 bits per heavy atom. The molecule has 1 aromatic heterocycles. The van der Waals surface area contributed by atoms with E-state index < -0.39 is 0 Å². The number of nitrogens with one attached hydrogen (secondary N) is 1. The summed E-state index contributed by atoms with van der Waals surface area (Å²) in [5.41, 5.74) is 1.44. The number of benzene rings is 2. The zero-order chi connectivity index (χ0) is 15.3. The minimum absolute atomic E-state index is 0. The molecule has 0 aliphatic carbocycles. The van der Waals surface area contributed by atoms with E-state index in [1.165, 1.54) is 0 Å². The lowest BCUT2D eigenvalue weighted by atomic mass is 10.1. The van der Waals surface area contributed by atoms with Crippen LogP contribution in [0.5, 0.6) is 5.75 Å². The van der Waals surface area contributed by atoms with Crippen LogP contribution in [0.1, 0.15) is 22.1 Å². The molecule has 2 heterocycles. The van der Waals surface area contributed by atoms with E-state index in [0.29, 0.717) is 33.6 Å². The van der Waals surface area contributed by atoms with Crippen LogP contribution in [0.3, 0.4) is 0 Å². The topological polar surface area (TPSA) is 75.3 Å². The molecule has 1 aliphatic heterocycles. The van der Waals surface area contributed by atoms with Crippen LogP contribution in [-0.4, -0.2) is 29.1 Å². The number of amides is 2. The van der Waals surface area contributed by atoms with Gasteiger partial charge in [0, 0.05) is 6.81 Å². The van der Waals surface area contributed by atoms with E-state index >= 15 is 0 Å². The summed E-state index contributed by atoms with van der Waals surface area (Å²) < 4.78 is 5.26. The molecule has 110 valence electrons. The molecule has 0 saturated heterocycles. The minimum Gasteiger partial charge on any atom is -0.494 e. The zero-order valence-corrected chi connectivity index (χ0v) is 11.7. The highest BCUT2D eigenvalue weighted by atomic mass is 16.5. The molecule has 0 spiro atoms. The van der Waals surface area contributed by atoms with Crippen molar-refractivity contribution in [1.29, 1.82) is 0 Å². The summed E-state index contributed by atoms with van der Waals surface area (Å²) in [6.45, 7) is 0. The molecule has 0 bridgehead atoms. The lowest BCUT2D eigenvalue weighted by molar-refractivity contribution is 0.0925. The van der Waals surface area contributed by atoms with E-state index in [2.05, 4.69) is 10.2 Å². The Morgan fingerprint density at radius 2 is 1.73 bits per heavy atom. The second kappa shape index (κ2) is 4.42. The number of anilines is 1. The van der Waals surface area contributed by atoms with Crippen LogP contribution in [0.15, 0.2) is 42.5 Å². The molecule has 2 aromatic carbocycles. The number of H-pyrrole nitrogens is 1. The van der Waals surface area contributed by atoms with Crippen LogP contribution in [-0.2, 0) is 0 Å². The first kappa shape index (κ1) is 12.6. The zero-order valence-electron chi connectivity index (χ0n) is 11.7. The van der Waals surface area contributed by atoms with Crippen molar-refractivity contribution >= 4 is 28.5 Å². The Hall–Kier alpha value is -3.15. The number of hydrogen-bond donors (Lipinski definition) is 1. The van der Waals surface area contributed by atoms with Gasteiger partial charge < -0.3 is 4.74 Å². The van der Waals surface area contributed by atoms with Crippen molar-refractivity contribution in [1.82, 2.24) is 10.2 Å². The second-order valence-corrected chi connectivity index (χ2v) is 4.92. The van der Waals surface area contributed by atoms with Gasteiger partial charge in [-0.1, -0.05) is 18.2 Å². The van der Waals surface area contributed by atoms with E-state index in [1.54, 1.807) is 49.6 Å². The number of ether oxygens (including phenoxy) is 1. The monoisotopic (exact) mass is 295 g/mol. The molecule has 0 atom stereocenters. The number of carbonyl (C=O) groups is 2. The predicted octanol–water partition coefficient (Wildman–Crippen LogP) is 2.62. The maximum absolute atomic E-state index is 12.5. The highest BCUT2D eigenvalue weighted by molar-refractivity contribution is 6.35. The molecule has 3 aromatic rings. The average molecular weight is 295 g/mol. The Labute approximate surface area is 126 Å². The third-order valence-corrected chi connectivity index (χ3v) is 3.77. The van der Waals surface area contributed by atoms with E-state index in [0.717, 1.165) is 4.90 Å². The Kier molecular flexibility index (Phi) is 2.53. The van der Waals surface area contributed by atoms with Crippen molar-refractivity contribution in [2.45, 2.75) is 0 Å². The molecule has 0 fully saturated rings. The Balaban J connectivity index is 0.00000156. The van der Waals surface area contributed by atoms with E-state index in [4.69, 9.17) is 4.74 Å². The summed E-state index contributed by atoms with van der Waals surface area (Å²) in [7, 11) is 1.55. The van der Waals surface area contributed by atoms with Gasteiger partial charge in [0.1, 0.15) is 11.3 Å². The van der Waals surface area contributed by atoms with Gasteiger partial charge in [-0.15, -0.1) is 0 Å². The summed E-state index contributed by atoms with van der Waals surface area (Å²) in [4.78, 5) is 26.1. The van der Waals surface area contributed by atoms with Gasteiger partial charge in [-0.05, 0) is 24.3 Å². The molecule has 0 unspecified atom stereocenters. The van der Waals surface area contributed by atoms with Crippen molar-refractivity contribution < 1.29 is 15.8 Å². The Morgan fingerprint density at radius 3 is 2.36 bits per heavy atom. The fraction of sp³-hybridized carbons (Fsp3) is 0.0625. The number of hydrogen-bond acceptors (Lipinski definition) is 4. The summed E-state index contributed by atoms with van der Waals surface area (Å²) >= 11 is 0. The number of methoxy groups -OCH3 is 1. The van der Waals surface area contributed by atoms with Gasteiger partial charge >= 0.3 is 0 Å². The minimum atomic E-state index is -0.364. The molecule has 6 nitrogen and oxygen atoms in total. The maximum Gasteiger partial charge on any atom is 0.267 e. The standard InChI is InChI=1S/C16H11N3O3.H2/c1-22-12-8-4-7-11-13(12)17-18-14(11)19-15(20)9-5-2-3-6-10(9)16(19)21;/h2-8H,1H3,(H,17,18);1H. The lowest BCUT2D eigenvalue weighted by Crippen LogP contribution is -2.29. The smallest absolute Gasteiger partial charge is 0.267 e. The van der Waals surface area contributed by atoms with Gasteiger partial charge in [-0.2, -0.15) is 5.10 Å². The normalized spacial score (nSPS) is 13.8. The largest absolute Gasteiger partial charge is 0.494 e. The molecule has 0 radical (unpaired) electrons. The van der Waals surface area contributed by atoms with Crippen LogP contribution >= 0.6 is 0 Å². The van der Waals surface area contributed by atoms with Crippen molar-refractivity contribution in [3.8, 4) is 5.75 Å². The first-order valence-corrected chi connectivity index (χ1v) is 6.71. The Bertz CT molecular complexity index is 900. The van der Waals surface area contributed by atoms with Crippen molar-refractivity contribution in [3.05, 3.63) is 53.6 Å². The highest BCUT2D eigenvalue weighted by Crippen LogP contribution is 2.34. The molecular formula is C16H13N3O3. The molecule has 4 rings (SSSR count). The van der Waals surface area contributed by atoms with Crippen LogP contribution in [0, 0.1) is 0 Å². The first-order chi connectivity index (χ1) is 10.7. The average Bonchev–Trinajstić information content (AvgIpc) is 3.08. The quantitative estimate of drug-likeness (QED) is 0.737. The molecule has 22 heavy (non-hydrogen) atoms. The van der Waals surface area contributed by atoms with Gasteiger partial charge in [0.25, 0.3) is 11.8 Å². The number of imide groups is 1. The highest BCUT2D eigenvalue weighted by Gasteiger charge is 2.38. The lowest BCUT2D eigenvalue weighted by Gasteiger charge is -2.10. The number of nitrogens with zero attached hydrogens (tertiary/aromatic N) is 2. The molecule has 1 aliphatic rings. The third-order valence-electron chi connectivity index (χ3n) is 3.77. The van der Waals surface area contributed by atoms with Gasteiger partial charge in [0.15, 0.2) is 5.82 Å². The predicted molar refractivity (Wildman–Crippen MR) is 82.3 cm³/mol. The van der Waals surface area contributed by atoms with Crippen molar-refractivity contribution in [2.75, 3.05) is 12.0 Å². The van der Waals surface area contributed by atoms with Crippen LogP contribution < -0.4 is 9.64 Å². The van der Waals surface area contributed by atoms with Gasteiger partial charge in [0.05, 0.1) is 18.2 Å². The van der Waals surface area contributed by atoms with Crippen molar-refractivity contribution in [2.24, 2.45) is 0 Å². The number of carbonyl (C=O) groups excluding carboxylic acids is 2. The van der Waals surface area contributed by atoms with Crippen molar-refractivity contribution in [3.63, 3.8) is 0 Å². The summed E-state index contributed by atoms with van der Waals surface area (Å²) in [6, 6.07) is 12.1. The molecule has 0 saturated carbocycles. The van der Waals surface area contributed by atoms with Gasteiger partial charge in [0.2, 0.25) is 0 Å². The fourth-order valence-corrected chi connectivity index (χ4v) is 2.72. The van der Waals surface area contributed by atoms with Crippen LogP contribution in [0.25, 0.3) is 10.9 Å². The number of aromatic nitrogens is 2. The number of fused-ring (bicyclic) bond motifs is 2. The molecule has 2 amide bonds. The second-order valence-electron chi connectivity index (χ2n) is 4.92. The molecule has 1 N–H and O–H groups in total. The molecule has 6 heteroatoms. The number of rotatable bonds is 2. The maximum atomic E-state index is 12.5. The fourth-order valence-electron chi connectivity index (χ4n) is 2.72. The summed E-state index contributed by atoms with van der Waals surface area (Å²) in [5.74, 6) is 0.168. The first-order valence-electron chi connectivity index (χ1n) is 6.71. The van der Waals surface area contributed by atoms with Crippen LogP contribution in [0.2, 0.25) is 0 Å². The van der Waals surface area contributed by atoms with Crippen LogP contribution in [0.4, 0.5) is 5.82 Å². The SMILES string of the molecule is COc1cccc2c(N3C(=O)c4ccccc4C3=O)n[nH]c12.[HH]. The van der Waals surface area contributed by atoms with Gasteiger partial charge in [-0.25, -0.2) is 4.90 Å². The summed E-state index contributed by atoms with van der Waals surface area (Å²) in [6.07, 6.45) is 0. The molecular weight excluding hydrogens is 282 g/mol. The van der Waals surface area contributed by atoms with E-state index in [9.17, 15) is 9.59 Å². The third kappa shape index (κ3) is 1.52. The van der Waals surface area contributed by atoms with Gasteiger partial charge in [-0.3, -0.25) is 14.7 Å². The summed E-state index contributed by atoms with van der Waals surface area (Å²) in [5, 5.41) is 7.64. The van der Waals surface area contributed by atoms with E-state index in [1.807, 2.05) is 0 Å².